The first kappa shape index (κ1) is 8.49. The molecule has 0 spiro atoms. The molecular formula is C7H12O4. The van der Waals surface area contributed by atoms with Crippen molar-refractivity contribution in [2.24, 2.45) is 5.92 Å². The minimum atomic E-state index is -0.786. The van der Waals surface area contributed by atoms with Crippen molar-refractivity contribution in [2.45, 2.75) is 18.9 Å². The number of esters is 1. The van der Waals surface area contributed by atoms with E-state index in [0.717, 1.165) is 0 Å². The summed E-state index contributed by atoms with van der Waals surface area (Å²) in [6, 6.07) is 0. The second-order valence-corrected chi connectivity index (χ2v) is 2.73. The molecule has 1 saturated heterocycles. The molecule has 1 aliphatic heterocycles. The topological polar surface area (TPSA) is 66.8 Å². The van der Waals surface area contributed by atoms with Gasteiger partial charge in [0.15, 0.2) is 0 Å². The minimum Gasteiger partial charge on any atom is -0.465 e. The highest BCUT2D eigenvalue weighted by molar-refractivity contribution is 5.74. The van der Waals surface area contributed by atoms with Crippen molar-refractivity contribution in [1.29, 1.82) is 0 Å². The molecule has 1 aliphatic rings. The third kappa shape index (κ3) is 2.17. The van der Waals surface area contributed by atoms with Crippen molar-refractivity contribution in [3.05, 3.63) is 0 Å². The molecule has 2 unspecified atom stereocenters. The van der Waals surface area contributed by atoms with Crippen LogP contribution in [0.2, 0.25) is 0 Å². The van der Waals surface area contributed by atoms with Gasteiger partial charge in [0.05, 0.1) is 25.2 Å². The van der Waals surface area contributed by atoms with E-state index in [2.05, 4.69) is 4.74 Å². The lowest BCUT2D eigenvalue weighted by atomic mass is 10.0. The summed E-state index contributed by atoms with van der Waals surface area (Å²) in [5.74, 6) is -0.463. The van der Waals surface area contributed by atoms with E-state index in [1.807, 2.05) is 0 Å². The first-order valence-electron chi connectivity index (χ1n) is 3.69. The van der Waals surface area contributed by atoms with Gasteiger partial charge in [0.25, 0.3) is 0 Å². The molecule has 0 bridgehead atoms. The SMILES string of the molecule is O=C1OCCC1CC(O)CO. The van der Waals surface area contributed by atoms with Gasteiger partial charge >= 0.3 is 5.97 Å². The summed E-state index contributed by atoms with van der Waals surface area (Å²) in [7, 11) is 0. The van der Waals surface area contributed by atoms with Gasteiger partial charge in [-0.25, -0.2) is 0 Å². The standard InChI is InChI=1S/C7H12O4/c8-4-6(9)3-5-1-2-11-7(5)10/h5-6,8-9H,1-4H2. The number of aliphatic hydroxyl groups excluding tert-OH is 2. The fraction of sp³-hybridized carbons (Fsp3) is 0.857. The third-order valence-electron chi connectivity index (χ3n) is 1.81. The molecule has 1 heterocycles. The number of aliphatic hydroxyl groups is 2. The smallest absolute Gasteiger partial charge is 0.309 e. The Balaban J connectivity index is 2.30. The third-order valence-corrected chi connectivity index (χ3v) is 1.81. The fourth-order valence-electron chi connectivity index (χ4n) is 1.15. The molecule has 0 saturated carbocycles. The van der Waals surface area contributed by atoms with Gasteiger partial charge in [-0.05, 0) is 12.8 Å². The highest BCUT2D eigenvalue weighted by Crippen LogP contribution is 2.19. The van der Waals surface area contributed by atoms with Gasteiger partial charge in [-0.3, -0.25) is 4.79 Å². The zero-order valence-corrected chi connectivity index (χ0v) is 6.19. The molecule has 0 aromatic rings. The van der Waals surface area contributed by atoms with Crippen molar-refractivity contribution in [3.63, 3.8) is 0 Å². The highest BCUT2D eigenvalue weighted by atomic mass is 16.5. The second-order valence-electron chi connectivity index (χ2n) is 2.73. The summed E-state index contributed by atoms with van der Waals surface area (Å²) in [4.78, 5) is 10.8. The Morgan fingerprint density at radius 1 is 1.73 bits per heavy atom. The number of rotatable bonds is 3. The molecule has 2 atom stereocenters. The maximum Gasteiger partial charge on any atom is 0.309 e. The van der Waals surface area contributed by atoms with Crippen LogP contribution >= 0.6 is 0 Å². The van der Waals surface area contributed by atoms with Crippen molar-refractivity contribution >= 4 is 5.97 Å². The monoisotopic (exact) mass is 160 g/mol. The highest BCUT2D eigenvalue weighted by Gasteiger charge is 2.28. The molecular weight excluding hydrogens is 148 g/mol. The zero-order valence-electron chi connectivity index (χ0n) is 6.19. The average molecular weight is 160 g/mol. The number of cyclic esters (lactones) is 1. The summed E-state index contributed by atoms with van der Waals surface area (Å²) in [5.41, 5.74) is 0. The lowest BCUT2D eigenvalue weighted by Crippen LogP contribution is -2.20. The largest absolute Gasteiger partial charge is 0.465 e. The Kier molecular flexibility index (Phi) is 2.84. The molecule has 1 fully saturated rings. The molecule has 0 aromatic heterocycles. The second kappa shape index (κ2) is 3.69. The summed E-state index contributed by atoms with van der Waals surface area (Å²) in [6.45, 7) is 0.158. The molecule has 64 valence electrons. The number of ether oxygens (including phenoxy) is 1. The average Bonchev–Trinajstić information content (AvgIpc) is 2.37. The Hall–Kier alpha value is -0.610. The van der Waals surface area contributed by atoms with Crippen LogP contribution in [-0.2, 0) is 9.53 Å². The molecule has 4 heteroatoms. The van der Waals surface area contributed by atoms with E-state index >= 15 is 0 Å². The van der Waals surface area contributed by atoms with Crippen molar-refractivity contribution in [3.8, 4) is 0 Å². The molecule has 1 rings (SSSR count). The normalized spacial score (nSPS) is 26.7. The van der Waals surface area contributed by atoms with Crippen LogP contribution in [0.4, 0.5) is 0 Å². The Morgan fingerprint density at radius 3 is 2.91 bits per heavy atom. The van der Waals surface area contributed by atoms with Gasteiger partial charge in [-0.15, -0.1) is 0 Å². The maximum absolute atomic E-state index is 10.8. The van der Waals surface area contributed by atoms with Crippen LogP contribution < -0.4 is 0 Å². The van der Waals surface area contributed by atoms with Crippen molar-refractivity contribution < 1.29 is 19.7 Å². The van der Waals surface area contributed by atoms with Crippen LogP contribution in [0.1, 0.15) is 12.8 Å². The van der Waals surface area contributed by atoms with Gasteiger partial charge in [0.1, 0.15) is 0 Å². The molecule has 4 nitrogen and oxygen atoms in total. The first-order chi connectivity index (χ1) is 5.24. The van der Waals surface area contributed by atoms with E-state index in [0.29, 0.717) is 19.4 Å². The van der Waals surface area contributed by atoms with Crippen LogP contribution in [0.3, 0.4) is 0 Å². The number of hydrogen-bond acceptors (Lipinski definition) is 4. The van der Waals surface area contributed by atoms with Gasteiger partial charge in [0, 0.05) is 0 Å². The molecule has 11 heavy (non-hydrogen) atoms. The van der Waals surface area contributed by atoms with Crippen LogP contribution in [0.5, 0.6) is 0 Å². The fourth-order valence-corrected chi connectivity index (χ4v) is 1.15. The van der Waals surface area contributed by atoms with E-state index in [9.17, 15) is 4.79 Å². The van der Waals surface area contributed by atoms with E-state index in [-0.39, 0.29) is 18.5 Å². The van der Waals surface area contributed by atoms with Gasteiger partial charge in [-0.2, -0.15) is 0 Å². The van der Waals surface area contributed by atoms with E-state index in [4.69, 9.17) is 10.2 Å². The minimum absolute atomic E-state index is 0.211. The number of hydrogen-bond donors (Lipinski definition) is 2. The first-order valence-corrected chi connectivity index (χ1v) is 3.69. The molecule has 0 aromatic carbocycles. The summed E-state index contributed by atoms with van der Waals surface area (Å²) >= 11 is 0. The number of carbonyl (C=O) groups is 1. The van der Waals surface area contributed by atoms with E-state index < -0.39 is 6.10 Å². The lowest BCUT2D eigenvalue weighted by Gasteiger charge is -2.08. The predicted octanol–water partition coefficient (Wildman–Crippen LogP) is -0.707. The Morgan fingerprint density at radius 2 is 2.45 bits per heavy atom. The van der Waals surface area contributed by atoms with Crippen LogP contribution in [0, 0.1) is 5.92 Å². The van der Waals surface area contributed by atoms with Gasteiger partial charge in [-0.1, -0.05) is 0 Å². The summed E-state index contributed by atoms with van der Waals surface area (Å²) in [5, 5.41) is 17.5. The van der Waals surface area contributed by atoms with Crippen molar-refractivity contribution in [1.82, 2.24) is 0 Å². The van der Waals surface area contributed by atoms with Crippen LogP contribution in [0.25, 0.3) is 0 Å². The van der Waals surface area contributed by atoms with E-state index in [1.54, 1.807) is 0 Å². The number of carbonyl (C=O) groups excluding carboxylic acids is 1. The zero-order chi connectivity index (χ0) is 8.27. The molecule has 0 aliphatic carbocycles. The predicted molar refractivity (Wildman–Crippen MR) is 36.8 cm³/mol. The maximum atomic E-state index is 10.8. The molecule has 2 N–H and O–H groups in total. The molecule has 0 radical (unpaired) electrons. The van der Waals surface area contributed by atoms with Gasteiger partial charge in [0.2, 0.25) is 0 Å². The summed E-state index contributed by atoms with van der Waals surface area (Å²) in [6.07, 6.45) is 0.191. The van der Waals surface area contributed by atoms with Crippen LogP contribution in [0.15, 0.2) is 0 Å². The van der Waals surface area contributed by atoms with Gasteiger partial charge < -0.3 is 14.9 Å². The lowest BCUT2D eigenvalue weighted by molar-refractivity contribution is -0.142. The molecule has 0 amide bonds. The van der Waals surface area contributed by atoms with Crippen molar-refractivity contribution in [2.75, 3.05) is 13.2 Å². The quantitative estimate of drug-likeness (QED) is 0.535. The van der Waals surface area contributed by atoms with Crippen LogP contribution in [-0.4, -0.2) is 35.5 Å². The Labute approximate surface area is 64.8 Å². The van der Waals surface area contributed by atoms with E-state index in [1.165, 1.54) is 0 Å². The Bertz CT molecular complexity index is 145. The summed E-state index contributed by atoms with van der Waals surface area (Å²) < 4.78 is 4.68.